The van der Waals surface area contributed by atoms with Gasteiger partial charge in [0.1, 0.15) is 0 Å². The number of thiol groups is 1. The number of aryl methyl sites for hydroxylation is 1. The van der Waals surface area contributed by atoms with E-state index in [-0.39, 0.29) is 0 Å². The number of halogens is 3. The Morgan fingerprint density at radius 3 is 1.71 bits per heavy atom. The molecule has 0 unspecified atom stereocenters. The zero-order valence-electron chi connectivity index (χ0n) is 7.06. The van der Waals surface area contributed by atoms with Gasteiger partial charge in [-0.25, -0.2) is 8.42 Å². The van der Waals surface area contributed by atoms with E-state index in [1.807, 2.05) is 6.92 Å². The van der Waals surface area contributed by atoms with E-state index in [2.05, 4.69) is 0 Å². The van der Waals surface area contributed by atoms with Crippen LogP contribution in [0.3, 0.4) is 0 Å². The molecule has 1 aromatic carbocycles. The third-order valence-corrected chi connectivity index (χ3v) is 1.96. The van der Waals surface area contributed by atoms with Gasteiger partial charge in [-0.05, 0) is 19.1 Å². The summed E-state index contributed by atoms with van der Waals surface area (Å²) in [6.45, 7) is 1.92. The van der Waals surface area contributed by atoms with Gasteiger partial charge < -0.3 is 0 Å². The number of hydrogen-bond donors (Lipinski definition) is 1. The van der Waals surface area contributed by atoms with Crippen molar-refractivity contribution in [3.8, 4) is 0 Å². The molecule has 0 fully saturated rings. The summed E-state index contributed by atoms with van der Waals surface area (Å²) in [5.74, 6) is 0. The molecule has 0 spiro atoms. The molecule has 2 nitrogen and oxygen atoms in total. The maximum atomic E-state index is 10.3. The van der Waals surface area contributed by atoms with Crippen LogP contribution in [0.4, 0.5) is 0 Å². The molecule has 0 saturated heterocycles. The Kier molecular flexibility index (Phi) is 8.26. The Balaban J connectivity index is 0.000000364. The van der Waals surface area contributed by atoms with E-state index in [1.165, 1.54) is 0 Å². The number of rotatable bonds is 1. The molecule has 0 bridgehead atoms. The molecule has 83 valence electrons. The van der Waals surface area contributed by atoms with Crippen LogP contribution in [0.1, 0.15) is 5.56 Å². The Hall–Kier alpha value is 0.663. The van der Waals surface area contributed by atoms with Crippen LogP contribution in [-0.4, -0.2) is 8.42 Å². The van der Waals surface area contributed by atoms with Gasteiger partial charge in [-0.3, -0.25) is 0 Å². The van der Waals surface area contributed by atoms with Gasteiger partial charge in [0.05, 0.1) is 4.90 Å². The fourth-order valence-corrected chi connectivity index (χ4v) is 1.06. The third-order valence-electron chi connectivity index (χ3n) is 1.24. The van der Waals surface area contributed by atoms with E-state index in [1.54, 1.807) is 24.3 Å². The van der Waals surface area contributed by atoms with Crippen molar-refractivity contribution in [3.63, 3.8) is 0 Å². The average Bonchev–Trinajstić information content (AvgIpc) is 2.03. The first-order chi connectivity index (χ1) is 6.43. The summed E-state index contributed by atoms with van der Waals surface area (Å²) in [4.78, 5) is 0.376. The van der Waals surface area contributed by atoms with Crippen LogP contribution in [0.2, 0.25) is 0 Å². The fourth-order valence-electron chi connectivity index (χ4n) is 0.666. The SMILES string of the molecule is Cc1ccc([SH](=O)=O)cc1.[Cl][Ru]([Cl])[Cl]. The first-order valence-electron chi connectivity index (χ1n) is 3.31. The second-order valence-electron chi connectivity index (χ2n) is 2.24. The van der Waals surface area contributed by atoms with Crippen molar-refractivity contribution in [2.75, 3.05) is 0 Å². The summed E-state index contributed by atoms with van der Waals surface area (Å²) in [6, 6.07) is 6.75. The molecule has 0 atom stereocenters. The van der Waals surface area contributed by atoms with E-state index in [4.69, 9.17) is 29.1 Å². The van der Waals surface area contributed by atoms with Crippen LogP contribution in [-0.2, 0) is 23.7 Å². The van der Waals surface area contributed by atoms with E-state index in [9.17, 15) is 8.42 Å². The maximum absolute atomic E-state index is 10.3. The molecule has 1 rings (SSSR count). The van der Waals surface area contributed by atoms with Gasteiger partial charge in [0, 0.05) is 0 Å². The molecule has 0 saturated carbocycles. The van der Waals surface area contributed by atoms with Crippen LogP contribution >= 0.6 is 29.1 Å². The summed E-state index contributed by atoms with van der Waals surface area (Å²) in [6.07, 6.45) is 0. The van der Waals surface area contributed by atoms with Gasteiger partial charge in [-0.1, -0.05) is 17.7 Å². The molecule has 7 heteroatoms. The van der Waals surface area contributed by atoms with E-state index < -0.39 is 23.7 Å². The Bertz CT molecular complexity index is 327. The molecule has 0 radical (unpaired) electrons. The van der Waals surface area contributed by atoms with Crippen molar-refractivity contribution < 1.29 is 21.4 Å². The Morgan fingerprint density at radius 1 is 1.07 bits per heavy atom. The van der Waals surface area contributed by atoms with Gasteiger partial charge in [-0.2, -0.15) is 0 Å². The van der Waals surface area contributed by atoms with Crippen LogP contribution < -0.4 is 0 Å². The van der Waals surface area contributed by atoms with Gasteiger partial charge in [-0.15, -0.1) is 0 Å². The molecule has 0 aliphatic rings. The number of hydrogen-bond acceptors (Lipinski definition) is 2. The van der Waals surface area contributed by atoms with Gasteiger partial charge in [0.2, 0.25) is 0 Å². The summed E-state index contributed by atoms with van der Waals surface area (Å²) in [7, 11) is 12.4. The predicted molar refractivity (Wildman–Crippen MR) is 57.3 cm³/mol. The quantitative estimate of drug-likeness (QED) is 0.615. The topological polar surface area (TPSA) is 34.1 Å². The Morgan fingerprint density at radius 2 is 1.43 bits per heavy atom. The molecular formula is C7H8Cl3O2RuS. The summed E-state index contributed by atoms with van der Waals surface area (Å²) in [5, 5.41) is 0. The van der Waals surface area contributed by atoms with Gasteiger partial charge in [0.25, 0.3) is 0 Å². The molecule has 0 aromatic heterocycles. The monoisotopic (exact) mass is 363 g/mol. The van der Waals surface area contributed by atoms with Crippen molar-refractivity contribution in [1.82, 2.24) is 0 Å². The molecule has 1 aromatic rings. The molecule has 14 heavy (non-hydrogen) atoms. The van der Waals surface area contributed by atoms with Crippen LogP contribution in [0.25, 0.3) is 0 Å². The third kappa shape index (κ3) is 8.01. The minimum absolute atomic E-state index is 0.376. The van der Waals surface area contributed by atoms with Crippen molar-refractivity contribution in [2.45, 2.75) is 11.8 Å². The second kappa shape index (κ2) is 7.89. The normalized spacial score (nSPS) is 10.5. The molecule has 0 aliphatic carbocycles. The summed E-state index contributed by atoms with van der Waals surface area (Å²) in [5.41, 5.74) is 1.07. The standard InChI is InChI=1S/C7H8O2S.3ClH.Ru/c1-6-2-4-7(5-3-6)10(8)9;;;;/h2-5,10H,1H3;3*1H;/q;;;;+3/p-3. The Labute approximate surface area is 102 Å². The van der Waals surface area contributed by atoms with Crippen LogP contribution in [0, 0.1) is 6.92 Å². The van der Waals surface area contributed by atoms with Gasteiger partial charge in [0.15, 0.2) is 10.7 Å². The van der Waals surface area contributed by atoms with Crippen molar-refractivity contribution in [2.24, 2.45) is 0 Å². The molecular weight excluding hydrogens is 356 g/mol. The molecule has 0 amide bonds. The second-order valence-corrected chi connectivity index (χ2v) is 11.2. The zero-order valence-corrected chi connectivity index (χ0v) is 12.0. The fraction of sp³-hybridized carbons (Fsp3) is 0.143. The first kappa shape index (κ1) is 14.7. The summed E-state index contributed by atoms with van der Waals surface area (Å²) < 4.78 is 20.7. The van der Waals surface area contributed by atoms with Crippen LogP contribution in [0.15, 0.2) is 29.2 Å². The number of benzene rings is 1. The molecule has 0 heterocycles. The molecule has 0 N–H and O–H groups in total. The first-order valence-corrected chi connectivity index (χ1v) is 11.2. The average molecular weight is 364 g/mol. The van der Waals surface area contributed by atoms with Gasteiger partial charge >= 0.3 is 42.1 Å². The van der Waals surface area contributed by atoms with E-state index >= 15 is 0 Å². The van der Waals surface area contributed by atoms with Crippen molar-refractivity contribution in [1.29, 1.82) is 0 Å². The summed E-state index contributed by atoms with van der Waals surface area (Å²) >= 11 is -1.75. The molecule has 0 aliphatic heterocycles. The zero-order chi connectivity index (χ0) is 11.1. The van der Waals surface area contributed by atoms with Crippen molar-refractivity contribution >= 4 is 39.8 Å². The van der Waals surface area contributed by atoms with E-state index in [0.29, 0.717) is 4.90 Å². The van der Waals surface area contributed by atoms with E-state index in [0.717, 1.165) is 5.56 Å². The minimum atomic E-state index is -2.41. The van der Waals surface area contributed by atoms with Crippen molar-refractivity contribution in [3.05, 3.63) is 29.8 Å². The predicted octanol–water partition coefficient (Wildman–Crippen LogP) is 3.03. The van der Waals surface area contributed by atoms with Crippen LogP contribution in [0.5, 0.6) is 0 Å².